The van der Waals surface area contributed by atoms with E-state index in [1.165, 1.54) is 0 Å². The predicted molar refractivity (Wildman–Crippen MR) is 124 cm³/mol. The lowest BCUT2D eigenvalue weighted by molar-refractivity contribution is -0.386. The van der Waals surface area contributed by atoms with Crippen molar-refractivity contribution in [2.45, 2.75) is 39.3 Å². The summed E-state index contributed by atoms with van der Waals surface area (Å²) in [6.07, 6.45) is 1.97. The second kappa shape index (κ2) is 9.03. The number of carbonyl (C=O) groups is 2. The molecule has 33 heavy (non-hydrogen) atoms. The van der Waals surface area contributed by atoms with Crippen LogP contribution in [0.1, 0.15) is 50.5 Å². The number of amides is 2. The first-order chi connectivity index (χ1) is 15.7. The Hall–Kier alpha value is -3.72. The normalized spacial score (nSPS) is 12.9. The van der Waals surface area contributed by atoms with Crippen molar-refractivity contribution in [3.05, 3.63) is 85.7 Å². The molecule has 1 aliphatic carbocycles. The SMILES string of the molecule is Cc1nn(Cc2ccc(C(=O)Nc3ccc(C(=O)NC4CC4)c(Cl)c3)cc2)c(C)c1[N+](=O)[O-]. The number of aromatic nitrogens is 2. The van der Waals surface area contributed by atoms with Crippen molar-refractivity contribution in [1.82, 2.24) is 15.1 Å². The minimum Gasteiger partial charge on any atom is -0.349 e. The van der Waals surface area contributed by atoms with Crippen LogP contribution in [-0.4, -0.2) is 32.6 Å². The first-order valence-corrected chi connectivity index (χ1v) is 10.8. The van der Waals surface area contributed by atoms with Crippen LogP contribution < -0.4 is 10.6 Å². The molecule has 0 unspecified atom stereocenters. The Morgan fingerprint density at radius 1 is 1.15 bits per heavy atom. The molecule has 1 heterocycles. The number of benzene rings is 2. The maximum atomic E-state index is 12.6. The van der Waals surface area contributed by atoms with Crippen LogP contribution >= 0.6 is 11.6 Å². The van der Waals surface area contributed by atoms with Crippen molar-refractivity contribution in [3.8, 4) is 0 Å². The van der Waals surface area contributed by atoms with Gasteiger partial charge in [-0.25, -0.2) is 0 Å². The Kier molecular flexibility index (Phi) is 6.15. The van der Waals surface area contributed by atoms with Crippen molar-refractivity contribution in [3.63, 3.8) is 0 Å². The zero-order valence-electron chi connectivity index (χ0n) is 18.1. The van der Waals surface area contributed by atoms with Crippen molar-refractivity contribution in [1.29, 1.82) is 0 Å². The largest absolute Gasteiger partial charge is 0.349 e. The lowest BCUT2D eigenvalue weighted by atomic mass is 10.1. The van der Waals surface area contributed by atoms with Gasteiger partial charge in [-0.2, -0.15) is 5.10 Å². The molecule has 0 spiro atoms. The van der Waals surface area contributed by atoms with Gasteiger partial charge in [0, 0.05) is 17.3 Å². The standard InChI is InChI=1S/C23H22ClN5O4/c1-13-21(29(32)33)14(2)28(27-13)12-15-3-5-16(6-4-15)22(30)26-18-9-10-19(20(24)11-18)23(31)25-17-7-8-17/h3-6,9-11,17H,7-8,12H2,1-2H3,(H,25,31)(H,26,30). The summed E-state index contributed by atoms with van der Waals surface area (Å²) in [4.78, 5) is 35.5. The van der Waals surface area contributed by atoms with Crippen molar-refractivity contribution in [2.75, 3.05) is 5.32 Å². The first kappa shape index (κ1) is 22.5. The molecule has 170 valence electrons. The molecule has 0 aliphatic heterocycles. The van der Waals surface area contributed by atoms with Crippen LogP contribution in [0.25, 0.3) is 0 Å². The number of hydrogen-bond donors (Lipinski definition) is 2. The quantitative estimate of drug-likeness (QED) is 0.397. The predicted octanol–water partition coefficient (Wildman–Crippen LogP) is 4.25. The number of nitrogens with one attached hydrogen (secondary N) is 2. The van der Waals surface area contributed by atoms with Gasteiger partial charge in [0.05, 0.1) is 22.1 Å². The van der Waals surface area contributed by atoms with Gasteiger partial charge in [-0.15, -0.1) is 0 Å². The summed E-state index contributed by atoms with van der Waals surface area (Å²) >= 11 is 6.24. The molecule has 1 aliphatic rings. The highest BCUT2D eigenvalue weighted by Gasteiger charge is 2.25. The van der Waals surface area contributed by atoms with Crippen LogP contribution in [0.3, 0.4) is 0 Å². The van der Waals surface area contributed by atoms with E-state index in [1.807, 2.05) is 0 Å². The van der Waals surface area contributed by atoms with Gasteiger partial charge in [0.25, 0.3) is 11.8 Å². The maximum absolute atomic E-state index is 12.6. The number of aryl methyl sites for hydroxylation is 1. The van der Waals surface area contributed by atoms with Gasteiger partial charge in [-0.05, 0) is 62.6 Å². The third-order valence-corrected chi connectivity index (χ3v) is 5.77. The molecular formula is C23H22ClN5O4. The fourth-order valence-electron chi connectivity index (χ4n) is 3.51. The third-order valence-electron chi connectivity index (χ3n) is 5.46. The highest BCUT2D eigenvalue weighted by Crippen LogP contribution is 2.25. The maximum Gasteiger partial charge on any atom is 0.312 e. The van der Waals surface area contributed by atoms with Crippen molar-refractivity contribution >= 4 is 34.8 Å². The topological polar surface area (TPSA) is 119 Å². The van der Waals surface area contributed by atoms with E-state index >= 15 is 0 Å². The number of nitro groups is 1. The van der Waals surface area contributed by atoms with Crippen LogP contribution in [0.5, 0.6) is 0 Å². The molecule has 4 rings (SSSR count). The molecule has 0 saturated heterocycles. The van der Waals surface area contributed by atoms with E-state index in [0.717, 1.165) is 18.4 Å². The molecule has 0 bridgehead atoms. The first-order valence-electron chi connectivity index (χ1n) is 10.4. The molecule has 0 atom stereocenters. The smallest absolute Gasteiger partial charge is 0.312 e. The van der Waals surface area contributed by atoms with Gasteiger partial charge in [0.15, 0.2) is 0 Å². The second-order valence-corrected chi connectivity index (χ2v) is 8.43. The third kappa shape index (κ3) is 5.04. The Labute approximate surface area is 194 Å². The van der Waals surface area contributed by atoms with Gasteiger partial charge in [0.1, 0.15) is 11.4 Å². The second-order valence-electron chi connectivity index (χ2n) is 8.03. The van der Waals surface area contributed by atoms with E-state index in [4.69, 9.17) is 11.6 Å². The summed E-state index contributed by atoms with van der Waals surface area (Å²) in [6.45, 7) is 3.61. The van der Waals surface area contributed by atoms with Crippen LogP contribution in [0.2, 0.25) is 5.02 Å². The Balaban J connectivity index is 1.41. The molecule has 2 aromatic carbocycles. The Morgan fingerprint density at radius 3 is 2.42 bits per heavy atom. The highest BCUT2D eigenvalue weighted by molar-refractivity contribution is 6.34. The minimum atomic E-state index is -0.431. The van der Waals surface area contributed by atoms with Crippen LogP contribution in [0.4, 0.5) is 11.4 Å². The fraction of sp³-hybridized carbons (Fsp3) is 0.261. The Morgan fingerprint density at radius 2 is 1.85 bits per heavy atom. The molecule has 9 nitrogen and oxygen atoms in total. The minimum absolute atomic E-state index is 0.0145. The van der Waals surface area contributed by atoms with E-state index in [9.17, 15) is 19.7 Å². The average molecular weight is 468 g/mol. The zero-order valence-corrected chi connectivity index (χ0v) is 18.8. The number of halogens is 1. The number of nitrogens with zero attached hydrogens (tertiary/aromatic N) is 3. The van der Waals surface area contributed by atoms with Gasteiger partial charge in [-0.1, -0.05) is 23.7 Å². The molecule has 1 saturated carbocycles. The van der Waals surface area contributed by atoms with Crippen LogP contribution in [-0.2, 0) is 6.54 Å². The molecule has 1 aromatic heterocycles. The van der Waals surface area contributed by atoms with E-state index in [1.54, 1.807) is 61.0 Å². The summed E-state index contributed by atoms with van der Waals surface area (Å²) in [7, 11) is 0. The summed E-state index contributed by atoms with van der Waals surface area (Å²) in [5.41, 5.74) is 2.99. The summed E-state index contributed by atoms with van der Waals surface area (Å²) in [6, 6.07) is 11.9. The number of hydrogen-bond acceptors (Lipinski definition) is 5. The fourth-order valence-corrected chi connectivity index (χ4v) is 3.78. The number of carbonyl (C=O) groups excluding carboxylic acids is 2. The monoisotopic (exact) mass is 467 g/mol. The van der Waals surface area contributed by atoms with Gasteiger partial charge >= 0.3 is 5.69 Å². The van der Waals surface area contributed by atoms with Crippen LogP contribution in [0, 0.1) is 24.0 Å². The molecule has 10 heteroatoms. The lowest BCUT2D eigenvalue weighted by Crippen LogP contribution is -2.25. The van der Waals surface area contributed by atoms with E-state index in [-0.39, 0.29) is 28.6 Å². The van der Waals surface area contributed by atoms with Gasteiger partial charge in [0.2, 0.25) is 0 Å². The summed E-state index contributed by atoms with van der Waals surface area (Å²) in [5, 5.41) is 21.3. The number of anilines is 1. The summed E-state index contributed by atoms with van der Waals surface area (Å²) < 4.78 is 1.57. The molecule has 0 radical (unpaired) electrons. The molecule has 2 N–H and O–H groups in total. The summed E-state index contributed by atoms with van der Waals surface area (Å²) in [5.74, 6) is -0.543. The zero-order chi connectivity index (χ0) is 23.7. The molecular weight excluding hydrogens is 446 g/mol. The van der Waals surface area contributed by atoms with Gasteiger partial charge < -0.3 is 10.6 Å². The highest BCUT2D eigenvalue weighted by atomic mass is 35.5. The lowest BCUT2D eigenvalue weighted by Gasteiger charge is -2.10. The number of rotatable bonds is 7. The van der Waals surface area contributed by atoms with E-state index in [0.29, 0.717) is 34.7 Å². The van der Waals surface area contributed by atoms with Gasteiger partial charge in [-0.3, -0.25) is 24.4 Å². The van der Waals surface area contributed by atoms with Crippen molar-refractivity contribution in [2.24, 2.45) is 0 Å². The van der Waals surface area contributed by atoms with Crippen molar-refractivity contribution < 1.29 is 14.5 Å². The molecule has 3 aromatic rings. The van der Waals surface area contributed by atoms with E-state index < -0.39 is 4.92 Å². The molecule has 1 fully saturated rings. The average Bonchev–Trinajstić information content (AvgIpc) is 3.52. The van der Waals surface area contributed by atoms with E-state index in [2.05, 4.69) is 15.7 Å². The Bertz CT molecular complexity index is 1250. The van der Waals surface area contributed by atoms with Crippen LogP contribution in [0.15, 0.2) is 42.5 Å². The molecule has 2 amide bonds.